The van der Waals surface area contributed by atoms with Gasteiger partial charge in [-0.05, 0) is 45.0 Å². The van der Waals surface area contributed by atoms with Crippen LogP contribution < -0.4 is 10.5 Å². The first-order chi connectivity index (χ1) is 20.9. The zero-order valence-corrected chi connectivity index (χ0v) is 26.2. The number of nitrogens with two attached hydrogens (primary N) is 1. The van der Waals surface area contributed by atoms with Crippen LogP contribution in [0.15, 0.2) is 24.3 Å². The molecule has 13 nitrogen and oxygen atoms in total. The molecule has 0 saturated carbocycles. The normalized spacial score (nSPS) is 11.6. The largest absolute Gasteiger partial charge is 0.491 e. The van der Waals surface area contributed by atoms with Crippen LogP contribution in [0.25, 0.3) is 0 Å². The van der Waals surface area contributed by atoms with E-state index in [1.165, 1.54) is 0 Å². The van der Waals surface area contributed by atoms with Gasteiger partial charge in [-0.2, -0.15) is 0 Å². The molecule has 1 aromatic rings. The van der Waals surface area contributed by atoms with Gasteiger partial charge in [-0.15, -0.1) is 0 Å². The van der Waals surface area contributed by atoms with Crippen molar-refractivity contribution in [3.05, 3.63) is 24.3 Å². The van der Waals surface area contributed by atoms with Gasteiger partial charge in [0.05, 0.1) is 112 Å². The SMILES string of the molecule is CC(C)(C)OC(=O)COCCOCCOCCOCCOCCOCCOCCOCCOCCOc1ccc(N)cc1. The van der Waals surface area contributed by atoms with Gasteiger partial charge in [0.25, 0.3) is 0 Å². The molecule has 0 unspecified atom stereocenters. The number of anilines is 1. The maximum atomic E-state index is 11.5. The summed E-state index contributed by atoms with van der Waals surface area (Å²) in [6.07, 6.45) is 0. The zero-order chi connectivity index (χ0) is 31.3. The molecule has 0 amide bonds. The lowest BCUT2D eigenvalue weighted by atomic mass is 10.2. The highest BCUT2D eigenvalue weighted by atomic mass is 16.6. The van der Waals surface area contributed by atoms with E-state index < -0.39 is 5.60 Å². The molecule has 1 aromatic carbocycles. The number of carbonyl (C=O) groups excluding carboxylic acids is 1. The molecule has 0 aliphatic rings. The van der Waals surface area contributed by atoms with Crippen molar-refractivity contribution in [2.45, 2.75) is 26.4 Å². The van der Waals surface area contributed by atoms with E-state index in [9.17, 15) is 4.79 Å². The van der Waals surface area contributed by atoms with Gasteiger partial charge < -0.3 is 57.8 Å². The molecule has 0 aliphatic carbocycles. The number of carbonyl (C=O) groups is 1. The highest BCUT2D eigenvalue weighted by Gasteiger charge is 2.15. The molecule has 0 aliphatic heterocycles. The Morgan fingerprint density at radius 3 is 1.14 bits per heavy atom. The van der Waals surface area contributed by atoms with Crippen LogP contribution in [-0.2, 0) is 52.2 Å². The summed E-state index contributed by atoms with van der Waals surface area (Å²) in [7, 11) is 0. The average molecular weight is 620 g/mol. The van der Waals surface area contributed by atoms with Crippen molar-refractivity contribution in [1.29, 1.82) is 0 Å². The monoisotopic (exact) mass is 619 g/mol. The highest BCUT2D eigenvalue weighted by molar-refractivity contribution is 5.71. The van der Waals surface area contributed by atoms with Crippen molar-refractivity contribution < 1.29 is 56.9 Å². The quantitative estimate of drug-likeness (QED) is 0.0763. The van der Waals surface area contributed by atoms with Crippen molar-refractivity contribution in [2.24, 2.45) is 0 Å². The van der Waals surface area contributed by atoms with Crippen molar-refractivity contribution in [3.8, 4) is 5.75 Å². The van der Waals surface area contributed by atoms with Crippen LogP contribution in [0.2, 0.25) is 0 Å². The third-order valence-electron chi connectivity index (χ3n) is 4.99. The summed E-state index contributed by atoms with van der Waals surface area (Å²) < 4.78 is 59.5. The molecule has 43 heavy (non-hydrogen) atoms. The van der Waals surface area contributed by atoms with Gasteiger partial charge in [-0.1, -0.05) is 0 Å². The van der Waals surface area contributed by atoms with E-state index in [4.69, 9.17) is 57.8 Å². The lowest BCUT2D eigenvalue weighted by molar-refractivity contribution is -0.160. The average Bonchev–Trinajstić information content (AvgIpc) is 2.96. The first-order valence-corrected chi connectivity index (χ1v) is 14.8. The number of benzene rings is 1. The Morgan fingerprint density at radius 1 is 0.512 bits per heavy atom. The van der Waals surface area contributed by atoms with Gasteiger partial charge in [0, 0.05) is 5.69 Å². The van der Waals surface area contributed by atoms with Crippen LogP contribution in [0, 0.1) is 0 Å². The summed E-state index contributed by atoms with van der Waals surface area (Å²) in [6, 6.07) is 7.25. The van der Waals surface area contributed by atoms with Gasteiger partial charge in [-0.25, -0.2) is 4.79 Å². The van der Waals surface area contributed by atoms with Crippen LogP contribution in [-0.4, -0.2) is 137 Å². The minimum Gasteiger partial charge on any atom is -0.491 e. The smallest absolute Gasteiger partial charge is 0.332 e. The molecule has 250 valence electrons. The molecule has 2 N–H and O–H groups in total. The van der Waals surface area contributed by atoms with Gasteiger partial charge in [-0.3, -0.25) is 0 Å². The summed E-state index contributed by atoms with van der Waals surface area (Å²) in [4.78, 5) is 11.5. The Bertz CT molecular complexity index is 761. The number of esters is 1. The topological polar surface area (TPSA) is 145 Å². The lowest BCUT2D eigenvalue weighted by Gasteiger charge is -2.19. The van der Waals surface area contributed by atoms with Crippen LogP contribution in [0.4, 0.5) is 5.69 Å². The molecule has 0 atom stereocenters. The number of hydrogen-bond acceptors (Lipinski definition) is 13. The minimum absolute atomic E-state index is 0.0829. The van der Waals surface area contributed by atoms with Gasteiger partial charge in [0.15, 0.2) is 0 Å². The molecule has 0 radical (unpaired) electrons. The van der Waals surface area contributed by atoms with Crippen molar-refractivity contribution in [2.75, 3.05) is 131 Å². The Balaban J connectivity index is 1.66. The molecule has 0 fully saturated rings. The summed E-state index contributed by atoms with van der Waals surface area (Å²) in [5, 5.41) is 0. The Morgan fingerprint density at radius 2 is 0.814 bits per heavy atom. The first-order valence-electron chi connectivity index (χ1n) is 14.8. The second-order valence-corrected chi connectivity index (χ2v) is 9.96. The van der Waals surface area contributed by atoms with Gasteiger partial charge >= 0.3 is 5.97 Å². The van der Waals surface area contributed by atoms with E-state index >= 15 is 0 Å². The zero-order valence-electron chi connectivity index (χ0n) is 26.2. The summed E-state index contributed by atoms with van der Waals surface area (Å²) in [5.74, 6) is 0.381. The number of ether oxygens (including phenoxy) is 11. The van der Waals surface area contributed by atoms with Gasteiger partial charge in [0.1, 0.15) is 24.6 Å². The second-order valence-electron chi connectivity index (χ2n) is 9.96. The number of rotatable bonds is 30. The number of nitrogen functional groups attached to an aromatic ring is 1. The molecular weight excluding hydrogens is 566 g/mol. The molecule has 0 spiro atoms. The fraction of sp³-hybridized carbons (Fsp3) is 0.767. The third-order valence-corrected chi connectivity index (χ3v) is 4.99. The Hall–Kier alpha value is -2.07. The second kappa shape index (κ2) is 27.5. The minimum atomic E-state index is -0.510. The van der Waals surface area contributed by atoms with Crippen molar-refractivity contribution in [1.82, 2.24) is 0 Å². The molecule has 1 rings (SSSR count). The third kappa shape index (κ3) is 28.5. The van der Waals surface area contributed by atoms with E-state index in [0.29, 0.717) is 125 Å². The maximum Gasteiger partial charge on any atom is 0.332 e. The van der Waals surface area contributed by atoms with Crippen LogP contribution in [0.5, 0.6) is 5.75 Å². The fourth-order valence-corrected chi connectivity index (χ4v) is 3.07. The summed E-state index contributed by atoms with van der Waals surface area (Å²) in [5.41, 5.74) is 5.83. The molecule has 0 heterocycles. The Kier molecular flexibility index (Phi) is 24.9. The molecule has 0 aromatic heterocycles. The molecule has 13 heteroatoms. The van der Waals surface area contributed by atoms with E-state index in [0.717, 1.165) is 5.75 Å². The summed E-state index contributed by atoms with van der Waals surface area (Å²) >= 11 is 0. The highest BCUT2D eigenvalue weighted by Crippen LogP contribution is 2.12. The van der Waals surface area contributed by atoms with Crippen LogP contribution >= 0.6 is 0 Å². The predicted octanol–water partition coefficient (Wildman–Crippen LogP) is 2.14. The molecule has 0 bridgehead atoms. The van der Waals surface area contributed by atoms with E-state index in [1.54, 1.807) is 12.1 Å². The van der Waals surface area contributed by atoms with Crippen LogP contribution in [0.1, 0.15) is 20.8 Å². The molecule has 0 saturated heterocycles. The predicted molar refractivity (Wildman–Crippen MR) is 160 cm³/mol. The van der Waals surface area contributed by atoms with Crippen LogP contribution in [0.3, 0.4) is 0 Å². The van der Waals surface area contributed by atoms with Crippen molar-refractivity contribution >= 4 is 11.7 Å². The summed E-state index contributed by atoms with van der Waals surface area (Å²) in [6.45, 7) is 13.8. The first kappa shape index (κ1) is 39.0. The Labute approximate surface area is 256 Å². The van der Waals surface area contributed by atoms with E-state index in [2.05, 4.69) is 0 Å². The van der Waals surface area contributed by atoms with E-state index in [-0.39, 0.29) is 12.6 Å². The van der Waals surface area contributed by atoms with Gasteiger partial charge in [0.2, 0.25) is 0 Å². The maximum absolute atomic E-state index is 11.5. The van der Waals surface area contributed by atoms with Crippen molar-refractivity contribution in [3.63, 3.8) is 0 Å². The molecular formula is C30H53NO12. The standard InChI is InChI=1S/C30H53NO12/c1-30(2,3)43-29(32)26-41-23-22-39-19-18-37-15-14-35-11-10-33-8-9-34-12-13-36-16-17-38-20-21-40-24-25-42-28-6-4-27(31)5-7-28/h4-7H,8-26,31H2,1-3H3. The number of hydrogen-bond donors (Lipinski definition) is 1. The lowest BCUT2D eigenvalue weighted by Crippen LogP contribution is -2.27. The fourth-order valence-electron chi connectivity index (χ4n) is 3.07. The van der Waals surface area contributed by atoms with E-state index in [1.807, 2.05) is 32.9 Å².